The summed E-state index contributed by atoms with van der Waals surface area (Å²) in [6.07, 6.45) is 1.49. The second-order valence-electron chi connectivity index (χ2n) is 5.69. The van der Waals surface area contributed by atoms with Gasteiger partial charge in [-0.05, 0) is 30.2 Å². The Balaban J connectivity index is 1.96. The predicted molar refractivity (Wildman–Crippen MR) is 84.5 cm³/mol. The summed E-state index contributed by atoms with van der Waals surface area (Å²) in [6.45, 7) is 4.12. The molecule has 1 atom stereocenters. The van der Waals surface area contributed by atoms with Crippen molar-refractivity contribution in [3.63, 3.8) is 0 Å². The highest BCUT2D eigenvalue weighted by Gasteiger charge is 2.25. The molecule has 114 valence electrons. The third kappa shape index (κ3) is 2.50. The highest BCUT2D eigenvalue weighted by Crippen LogP contribution is 2.25. The van der Waals surface area contributed by atoms with Crippen molar-refractivity contribution in [2.45, 2.75) is 19.9 Å². The van der Waals surface area contributed by atoms with Gasteiger partial charge < -0.3 is 14.3 Å². The number of furan rings is 1. The van der Waals surface area contributed by atoms with Crippen molar-refractivity contribution in [1.29, 1.82) is 0 Å². The molecule has 3 rings (SSSR count). The molecular weight excluding hydrogens is 278 g/mol. The number of hydrogen-bond donors (Lipinski definition) is 1. The summed E-state index contributed by atoms with van der Waals surface area (Å²) in [5.74, 6) is 1.13. The van der Waals surface area contributed by atoms with Gasteiger partial charge >= 0.3 is 0 Å². The van der Waals surface area contributed by atoms with Crippen molar-refractivity contribution in [3.05, 3.63) is 54.2 Å². The van der Waals surface area contributed by atoms with E-state index in [0.29, 0.717) is 5.76 Å². The number of amides is 1. The second-order valence-corrected chi connectivity index (χ2v) is 5.69. The number of aromatic nitrogens is 2. The molecule has 1 N–H and O–H groups in total. The lowest BCUT2D eigenvalue weighted by Crippen LogP contribution is -2.33. The van der Waals surface area contributed by atoms with Crippen molar-refractivity contribution in [2.24, 2.45) is 13.0 Å². The minimum Gasteiger partial charge on any atom is -0.459 e. The van der Waals surface area contributed by atoms with E-state index in [1.807, 2.05) is 35.9 Å². The summed E-state index contributed by atoms with van der Waals surface area (Å²) in [5.41, 5.74) is 1.98. The Morgan fingerprint density at radius 3 is 2.64 bits per heavy atom. The number of para-hydroxylation sites is 2. The van der Waals surface area contributed by atoms with Crippen molar-refractivity contribution < 1.29 is 9.21 Å². The first-order valence-electron chi connectivity index (χ1n) is 7.33. The molecule has 3 aromatic rings. The number of aryl methyl sites for hydroxylation is 1. The number of benzene rings is 1. The molecule has 0 aliphatic rings. The first-order chi connectivity index (χ1) is 10.6. The summed E-state index contributed by atoms with van der Waals surface area (Å²) in [6, 6.07) is 11.1. The molecule has 5 nitrogen and oxygen atoms in total. The van der Waals surface area contributed by atoms with E-state index in [1.165, 1.54) is 6.26 Å². The minimum absolute atomic E-state index is 0.185. The Kier molecular flexibility index (Phi) is 3.71. The molecule has 0 saturated heterocycles. The fourth-order valence-corrected chi connectivity index (χ4v) is 2.59. The van der Waals surface area contributed by atoms with E-state index in [4.69, 9.17) is 4.42 Å². The predicted octanol–water partition coefficient (Wildman–Crippen LogP) is 3.29. The van der Waals surface area contributed by atoms with Gasteiger partial charge in [0.15, 0.2) is 5.76 Å². The summed E-state index contributed by atoms with van der Waals surface area (Å²) < 4.78 is 7.19. The summed E-state index contributed by atoms with van der Waals surface area (Å²) in [4.78, 5) is 17.0. The first-order valence-corrected chi connectivity index (χ1v) is 7.33. The van der Waals surface area contributed by atoms with Gasteiger partial charge in [-0.1, -0.05) is 26.0 Å². The summed E-state index contributed by atoms with van der Waals surface area (Å²) in [5, 5.41) is 3.02. The number of carbonyl (C=O) groups is 1. The molecule has 5 heteroatoms. The van der Waals surface area contributed by atoms with Crippen LogP contribution in [0.2, 0.25) is 0 Å². The van der Waals surface area contributed by atoms with Gasteiger partial charge in [-0.15, -0.1) is 0 Å². The molecule has 1 aromatic carbocycles. The zero-order valence-corrected chi connectivity index (χ0v) is 12.9. The third-order valence-electron chi connectivity index (χ3n) is 3.80. The maximum Gasteiger partial charge on any atom is 0.287 e. The first kappa shape index (κ1) is 14.4. The Bertz CT molecular complexity index is 787. The Morgan fingerprint density at radius 2 is 2.00 bits per heavy atom. The molecule has 2 aromatic heterocycles. The van der Waals surface area contributed by atoms with Crippen LogP contribution in [-0.4, -0.2) is 15.5 Å². The Hall–Kier alpha value is -2.56. The van der Waals surface area contributed by atoms with E-state index in [2.05, 4.69) is 24.1 Å². The average Bonchev–Trinajstić information content (AvgIpc) is 3.13. The van der Waals surface area contributed by atoms with E-state index >= 15 is 0 Å². The zero-order chi connectivity index (χ0) is 15.7. The van der Waals surface area contributed by atoms with Crippen LogP contribution in [0, 0.1) is 5.92 Å². The standard InChI is InChI=1S/C17H19N3O2/c1-11(2)15(19-17(21)14-9-6-10-22-14)16-18-12-7-4-5-8-13(12)20(16)3/h4-11,15H,1-3H3,(H,19,21). The fraction of sp³-hybridized carbons (Fsp3) is 0.294. The highest BCUT2D eigenvalue weighted by atomic mass is 16.3. The molecule has 0 aliphatic carbocycles. The molecule has 0 fully saturated rings. The fourth-order valence-electron chi connectivity index (χ4n) is 2.59. The van der Waals surface area contributed by atoms with E-state index in [-0.39, 0.29) is 17.9 Å². The van der Waals surface area contributed by atoms with Gasteiger partial charge in [0, 0.05) is 7.05 Å². The molecular formula is C17H19N3O2. The lowest BCUT2D eigenvalue weighted by molar-refractivity contribution is 0.0894. The Morgan fingerprint density at radius 1 is 1.23 bits per heavy atom. The molecule has 0 spiro atoms. The molecule has 22 heavy (non-hydrogen) atoms. The Labute approximate surface area is 129 Å². The van der Waals surface area contributed by atoms with Crippen LogP contribution in [0.15, 0.2) is 47.1 Å². The van der Waals surface area contributed by atoms with Crippen LogP contribution in [0.25, 0.3) is 11.0 Å². The number of nitrogens with zero attached hydrogens (tertiary/aromatic N) is 2. The normalized spacial score (nSPS) is 12.7. The van der Waals surface area contributed by atoms with Gasteiger partial charge in [0.1, 0.15) is 5.82 Å². The van der Waals surface area contributed by atoms with Crippen molar-refractivity contribution in [2.75, 3.05) is 0 Å². The zero-order valence-electron chi connectivity index (χ0n) is 12.9. The number of fused-ring (bicyclic) bond motifs is 1. The van der Waals surface area contributed by atoms with E-state index in [0.717, 1.165) is 16.9 Å². The van der Waals surface area contributed by atoms with Crippen molar-refractivity contribution in [1.82, 2.24) is 14.9 Å². The topological polar surface area (TPSA) is 60.1 Å². The highest BCUT2D eigenvalue weighted by molar-refractivity contribution is 5.91. The monoisotopic (exact) mass is 297 g/mol. The van der Waals surface area contributed by atoms with E-state index in [9.17, 15) is 4.79 Å². The largest absolute Gasteiger partial charge is 0.459 e. The molecule has 0 saturated carbocycles. The SMILES string of the molecule is CC(C)C(NC(=O)c1ccco1)c1nc2ccccc2n1C. The molecule has 0 bridgehead atoms. The van der Waals surface area contributed by atoms with Gasteiger partial charge in [-0.25, -0.2) is 4.98 Å². The molecule has 0 radical (unpaired) electrons. The van der Waals surface area contributed by atoms with E-state index < -0.39 is 0 Å². The summed E-state index contributed by atoms with van der Waals surface area (Å²) in [7, 11) is 1.97. The van der Waals surface area contributed by atoms with Crippen LogP contribution < -0.4 is 5.32 Å². The number of hydrogen-bond acceptors (Lipinski definition) is 3. The average molecular weight is 297 g/mol. The van der Waals surface area contributed by atoms with Gasteiger partial charge in [0.05, 0.1) is 23.3 Å². The lowest BCUT2D eigenvalue weighted by Gasteiger charge is -2.21. The number of imidazole rings is 1. The molecule has 1 amide bonds. The number of rotatable bonds is 4. The minimum atomic E-state index is -0.226. The van der Waals surface area contributed by atoms with Crippen LogP contribution in [-0.2, 0) is 7.05 Å². The van der Waals surface area contributed by atoms with Crippen LogP contribution >= 0.6 is 0 Å². The van der Waals surface area contributed by atoms with E-state index in [1.54, 1.807) is 12.1 Å². The molecule has 1 unspecified atom stereocenters. The lowest BCUT2D eigenvalue weighted by atomic mass is 10.0. The molecule has 2 heterocycles. The third-order valence-corrected chi connectivity index (χ3v) is 3.80. The van der Waals surface area contributed by atoms with Crippen LogP contribution in [0.5, 0.6) is 0 Å². The van der Waals surface area contributed by atoms with Gasteiger partial charge in [-0.2, -0.15) is 0 Å². The molecule has 0 aliphatic heterocycles. The quantitative estimate of drug-likeness (QED) is 0.804. The maximum absolute atomic E-state index is 12.3. The van der Waals surface area contributed by atoms with Crippen molar-refractivity contribution >= 4 is 16.9 Å². The van der Waals surface area contributed by atoms with Gasteiger partial charge in [-0.3, -0.25) is 4.79 Å². The van der Waals surface area contributed by atoms with Gasteiger partial charge in [0.2, 0.25) is 0 Å². The van der Waals surface area contributed by atoms with Crippen LogP contribution in [0.1, 0.15) is 36.3 Å². The number of nitrogens with one attached hydrogen (secondary N) is 1. The van der Waals surface area contributed by atoms with Gasteiger partial charge in [0.25, 0.3) is 5.91 Å². The van der Waals surface area contributed by atoms with Crippen LogP contribution in [0.3, 0.4) is 0 Å². The van der Waals surface area contributed by atoms with Crippen molar-refractivity contribution in [3.8, 4) is 0 Å². The maximum atomic E-state index is 12.3. The second kappa shape index (κ2) is 5.67. The number of carbonyl (C=O) groups excluding carboxylic acids is 1. The van der Waals surface area contributed by atoms with Crippen LogP contribution in [0.4, 0.5) is 0 Å². The summed E-state index contributed by atoms with van der Waals surface area (Å²) >= 11 is 0. The smallest absolute Gasteiger partial charge is 0.287 e.